The molecular formula is C29H23IN2O3S. The first-order valence-corrected chi connectivity index (χ1v) is 13.8. The van der Waals surface area contributed by atoms with Gasteiger partial charge in [-0.05, 0) is 82.8 Å². The Balaban J connectivity index is 1.59. The van der Waals surface area contributed by atoms with Gasteiger partial charge < -0.3 is 9.84 Å². The van der Waals surface area contributed by atoms with Crippen LogP contribution in [0.5, 0.6) is 11.5 Å². The first-order valence-electron chi connectivity index (χ1n) is 11.9. The molecule has 4 aromatic rings. The number of rotatable bonds is 4. The predicted molar refractivity (Wildman–Crippen MR) is 151 cm³/mol. The summed E-state index contributed by atoms with van der Waals surface area (Å²) in [5.74, 6) is 0.532. The van der Waals surface area contributed by atoms with Gasteiger partial charge in [-0.3, -0.25) is 9.36 Å². The first-order chi connectivity index (χ1) is 17.5. The lowest BCUT2D eigenvalue weighted by atomic mass is 9.83. The third-order valence-corrected chi connectivity index (χ3v) is 8.44. The average molecular weight is 606 g/mol. The summed E-state index contributed by atoms with van der Waals surface area (Å²) < 4.78 is 8.73. The molecule has 3 aromatic carbocycles. The van der Waals surface area contributed by atoms with Crippen molar-refractivity contribution in [1.82, 2.24) is 4.57 Å². The average Bonchev–Trinajstić information content (AvgIpc) is 3.20. The number of aromatic hydroxyl groups is 1. The molecule has 0 radical (unpaired) electrons. The zero-order valence-electron chi connectivity index (χ0n) is 19.6. The van der Waals surface area contributed by atoms with E-state index in [0.29, 0.717) is 25.3 Å². The molecule has 0 spiro atoms. The van der Waals surface area contributed by atoms with Gasteiger partial charge in [-0.1, -0.05) is 65.9 Å². The smallest absolute Gasteiger partial charge is 0.271 e. The second kappa shape index (κ2) is 9.37. The number of hydrogen-bond donors (Lipinski definition) is 1. The van der Waals surface area contributed by atoms with Gasteiger partial charge in [0.05, 0.1) is 26.4 Å². The van der Waals surface area contributed by atoms with E-state index in [1.165, 1.54) is 22.5 Å². The highest BCUT2D eigenvalue weighted by atomic mass is 127. The van der Waals surface area contributed by atoms with Crippen molar-refractivity contribution < 1.29 is 9.84 Å². The van der Waals surface area contributed by atoms with E-state index in [1.54, 1.807) is 6.07 Å². The minimum absolute atomic E-state index is 0.0564. The van der Waals surface area contributed by atoms with Crippen molar-refractivity contribution in [1.29, 1.82) is 0 Å². The standard InChI is InChI=1S/C29H23IN2O3S/c1-2-35-23-15-17(14-22(30)27(23)33)16-24-28(34)32-26(19-9-4-3-5-10-19)21-13-12-18-8-6-7-11-20(18)25(21)31-29(32)36-24/h3-11,14-16,26,33H,2,12-13H2,1H3. The minimum atomic E-state index is -0.188. The van der Waals surface area contributed by atoms with E-state index in [0.717, 1.165) is 35.2 Å². The lowest BCUT2D eigenvalue weighted by Gasteiger charge is -2.30. The van der Waals surface area contributed by atoms with E-state index >= 15 is 0 Å². The van der Waals surface area contributed by atoms with Gasteiger partial charge >= 0.3 is 0 Å². The Kier molecular flexibility index (Phi) is 6.05. The molecule has 0 bridgehead atoms. The van der Waals surface area contributed by atoms with Crippen LogP contribution < -0.4 is 19.6 Å². The topological polar surface area (TPSA) is 63.8 Å². The highest BCUT2D eigenvalue weighted by molar-refractivity contribution is 14.1. The van der Waals surface area contributed by atoms with Crippen LogP contribution in [0.1, 0.15) is 41.6 Å². The third kappa shape index (κ3) is 3.90. The largest absolute Gasteiger partial charge is 0.504 e. The van der Waals surface area contributed by atoms with Gasteiger partial charge in [0.15, 0.2) is 16.3 Å². The van der Waals surface area contributed by atoms with Gasteiger partial charge in [-0.15, -0.1) is 0 Å². The van der Waals surface area contributed by atoms with E-state index in [-0.39, 0.29) is 17.4 Å². The molecule has 0 fully saturated rings. The van der Waals surface area contributed by atoms with Crippen LogP contribution in [0.2, 0.25) is 0 Å². The molecule has 2 heterocycles. The lowest BCUT2D eigenvalue weighted by Crippen LogP contribution is -2.38. The highest BCUT2D eigenvalue weighted by Gasteiger charge is 2.32. The van der Waals surface area contributed by atoms with Gasteiger partial charge in [-0.25, -0.2) is 4.99 Å². The molecule has 1 unspecified atom stereocenters. The Morgan fingerprint density at radius 1 is 1.14 bits per heavy atom. The molecule has 0 saturated carbocycles. The number of aryl methyl sites for hydroxylation is 1. The molecule has 1 aromatic heterocycles. The number of fused-ring (bicyclic) bond motifs is 3. The van der Waals surface area contributed by atoms with E-state index in [1.807, 2.05) is 41.8 Å². The van der Waals surface area contributed by atoms with Gasteiger partial charge in [0, 0.05) is 5.56 Å². The predicted octanol–water partition coefficient (Wildman–Crippen LogP) is 5.03. The second-order valence-corrected chi connectivity index (χ2v) is 11.0. The molecule has 36 heavy (non-hydrogen) atoms. The Hall–Kier alpha value is -3.17. The highest BCUT2D eigenvalue weighted by Crippen LogP contribution is 2.41. The van der Waals surface area contributed by atoms with Crippen LogP contribution in [-0.4, -0.2) is 16.3 Å². The van der Waals surface area contributed by atoms with Crippen molar-refractivity contribution in [2.24, 2.45) is 4.99 Å². The van der Waals surface area contributed by atoms with E-state index < -0.39 is 0 Å². The first kappa shape index (κ1) is 23.2. The number of aromatic nitrogens is 1. The quantitative estimate of drug-likeness (QED) is 0.332. The van der Waals surface area contributed by atoms with E-state index in [9.17, 15) is 9.90 Å². The Morgan fingerprint density at radius 2 is 1.92 bits per heavy atom. The SMILES string of the molecule is CCOc1cc(C=c2sc3n(c2=O)C(c2ccccc2)C2=C(N=3)c3ccccc3CC2)cc(I)c1O. The fourth-order valence-electron chi connectivity index (χ4n) is 5.05. The lowest BCUT2D eigenvalue weighted by molar-refractivity contribution is 0.317. The zero-order chi connectivity index (χ0) is 24.8. The number of nitrogens with zero attached hydrogens (tertiary/aromatic N) is 2. The van der Waals surface area contributed by atoms with Gasteiger partial charge in [0.1, 0.15) is 0 Å². The number of allylic oxidation sites excluding steroid dienone is 1. The summed E-state index contributed by atoms with van der Waals surface area (Å²) in [5.41, 5.74) is 6.48. The summed E-state index contributed by atoms with van der Waals surface area (Å²) in [6, 6.07) is 22.1. The van der Waals surface area contributed by atoms with Crippen molar-refractivity contribution in [2.45, 2.75) is 25.8 Å². The van der Waals surface area contributed by atoms with Crippen LogP contribution in [0.25, 0.3) is 11.8 Å². The zero-order valence-corrected chi connectivity index (χ0v) is 22.5. The van der Waals surface area contributed by atoms with Crippen molar-refractivity contribution in [3.8, 4) is 11.5 Å². The van der Waals surface area contributed by atoms with Gasteiger partial charge in [0.2, 0.25) is 0 Å². The maximum atomic E-state index is 13.9. The molecule has 7 heteroatoms. The maximum Gasteiger partial charge on any atom is 0.271 e. The van der Waals surface area contributed by atoms with E-state index in [4.69, 9.17) is 9.73 Å². The summed E-state index contributed by atoms with van der Waals surface area (Å²) in [6.07, 6.45) is 3.67. The van der Waals surface area contributed by atoms with Crippen LogP contribution in [0.15, 0.2) is 82.1 Å². The Morgan fingerprint density at radius 3 is 2.72 bits per heavy atom. The minimum Gasteiger partial charge on any atom is -0.504 e. The molecule has 6 rings (SSSR count). The molecular weight excluding hydrogens is 583 g/mol. The number of ether oxygens (including phenoxy) is 1. The Labute approximate surface area is 225 Å². The summed E-state index contributed by atoms with van der Waals surface area (Å²) in [7, 11) is 0. The van der Waals surface area contributed by atoms with Crippen molar-refractivity contribution in [2.75, 3.05) is 6.61 Å². The number of phenolic OH excluding ortho intramolecular Hbond substituents is 1. The molecule has 2 aliphatic rings. The molecule has 180 valence electrons. The Bertz CT molecular complexity index is 1700. The van der Waals surface area contributed by atoms with Gasteiger partial charge in [-0.2, -0.15) is 0 Å². The summed E-state index contributed by atoms with van der Waals surface area (Å²) in [6.45, 7) is 2.32. The van der Waals surface area contributed by atoms with Gasteiger partial charge in [0.25, 0.3) is 5.56 Å². The van der Waals surface area contributed by atoms with Crippen LogP contribution in [0.4, 0.5) is 0 Å². The second-order valence-electron chi connectivity index (χ2n) is 8.81. The summed E-state index contributed by atoms with van der Waals surface area (Å²) in [4.78, 5) is 19.6. The number of phenols is 1. The van der Waals surface area contributed by atoms with Crippen LogP contribution in [-0.2, 0) is 6.42 Å². The number of hydrogen-bond acceptors (Lipinski definition) is 5. The van der Waals surface area contributed by atoms with Crippen molar-refractivity contribution in [3.63, 3.8) is 0 Å². The van der Waals surface area contributed by atoms with Crippen LogP contribution in [0, 0.1) is 3.57 Å². The molecule has 5 nitrogen and oxygen atoms in total. The number of thiazole rings is 1. The molecule has 0 saturated heterocycles. The van der Waals surface area contributed by atoms with Crippen LogP contribution >= 0.6 is 33.9 Å². The molecule has 1 aliphatic heterocycles. The van der Waals surface area contributed by atoms with Crippen molar-refractivity contribution in [3.05, 3.63) is 118 Å². The normalized spacial score (nSPS) is 16.7. The summed E-state index contributed by atoms with van der Waals surface area (Å²) in [5, 5.41) is 10.3. The van der Waals surface area contributed by atoms with Crippen LogP contribution in [0.3, 0.4) is 0 Å². The number of benzene rings is 3. The van der Waals surface area contributed by atoms with E-state index in [2.05, 4.69) is 59.0 Å². The fourth-order valence-corrected chi connectivity index (χ4v) is 6.68. The molecule has 1 aliphatic carbocycles. The third-order valence-electron chi connectivity index (χ3n) is 6.64. The summed E-state index contributed by atoms with van der Waals surface area (Å²) >= 11 is 3.48. The molecule has 1 N–H and O–H groups in total. The molecule has 1 atom stereocenters. The fraction of sp³-hybridized carbons (Fsp3) is 0.172. The molecule has 0 amide bonds. The number of halogens is 1. The maximum absolute atomic E-state index is 13.9. The van der Waals surface area contributed by atoms with Crippen molar-refractivity contribution >= 4 is 45.7 Å². The monoisotopic (exact) mass is 606 g/mol.